The lowest BCUT2D eigenvalue weighted by Gasteiger charge is -2.17. The minimum atomic E-state index is -0.923. The quantitative estimate of drug-likeness (QED) is 0.634. The minimum Gasteiger partial charge on any atom is -0.493 e. The second-order valence-electron chi connectivity index (χ2n) is 5.86. The summed E-state index contributed by atoms with van der Waals surface area (Å²) in [6, 6.07) is 12.8. The number of benzene rings is 2. The molecular formula is C20H25NO5. The third kappa shape index (κ3) is 5.47. The van der Waals surface area contributed by atoms with Gasteiger partial charge < -0.3 is 24.6 Å². The zero-order valence-corrected chi connectivity index (χ0v) is 15.3. The van der Waals surface area contributed by atoms with Gasteiger partial charge in [0.1, 0.15) is 6.61 Å². The molecule has 0 aliphatic heterocycles. The van der Waals surface area contributed by atoms with E-state index in [-0.39, 0.29) is 11.6 Å². The topological polar surface area (TPSA) is 77.0 Å². The number of carbonyl (C=O) groups is 1. The predicted molar refractivity (Wildman–Crippen MR) is 99.0 cm³/mol. The smallest absolute Gasteiger partial charge is 0.335 e. The van der Waals surface area contributed by atoms with Gasteiger partial charge in [-0.15, -0.1) is 0 Å². The first-order valence-electron chi connectivity index (χ1n) is 8.40. The van der Waals surface area contributed by atoms with Gasteiger partial charge in [-0.2, -0.15) is 0 Å². The Hall–Kier alpha value is -2.57. The highest BCUT2D eigenvalue weighted by molar-refractivity contribution is 5.87. The maximum absolute atomic E-state index is 11.1. The van der Waals surface area contributed by atoms with E-state index in [0.717, 1.165) is 11.1 Å². The lowest BCUT2D eigenvalue weighted by molar-refractivity contribution is 0.0696. The lowest BCUT2D eigenvalue weighted by Crippen LogP contribution is -2.18. The molecule has 0 aromatic heterocycles. The Bertz CT molecular complexity index is 732. The van der Waals surface area contributed by atoms with Crippen LogP contribution in [0.5, 0.6) is 11.5 Å². The predicted octanol–water partition coefficient (Wildman–Crippen LogP) is 3.27. The lowest BCUT2D eigenvalue weighted by atomic mass is 10.1. The van der Waals surface area contributed by atoms with Crippen LogP contribution in [0.25, 0.3) is 0 Å². The van der Waals surface area contributed by atoms with E-state index in [1.54, 1.807) is 32.4 Å². The van der Waals surface area contributed by atoms with Gasteiger partial charge in [0.2, 0.25) is 0 Å². The zero-order chi connectivity index (χ0) is 18.9. The van der Waals surface area contributed by atoms with Crippen LogP contribution in [0.2, 0.25) is 0 Å². The minimum absolute atomic E-state index is 0.0606. The van der Waals surface area contributed by atoms with Gasteiger partial charge in [-0.1, -0.05) is 18.2 Å². The molecule has 0 fully saturated rings. The molecule has 1 atom stereocenters. The molecule has 0 aliphatic carbocycles. The number of hydrogen-bond acceptors (Lipinski definition) is 5. The largest absolute Gasteiger partial charge is 0.493 e. The number of rotatable bonds is 10. The number of carboxylic acids is 1. The Balaban J connectivity index is 2.01. The molecule has 6 heteroatoms. The Morgan fingerprint density at radius 1 is 1.12 bits per heavy atom. The van der Waals surface area contributed by atoms with Crippen molar-refractivity contribution < 1.29 is 24.1 Å². The summed E-state index contributed by atoms with van der Waals surface area (Å²) >= 11 is 0. The Kier molecular flexibility index (Phi) is 7.44. The van der Waals surface area contributed by atoms with Crippen LogP contribution >= 0.6 is 0 Å². The molecule has 2 rings (SSSR count). The van der Waals surface area contributed by atoms with Crippen LogP contribution in [0, 0.1) is 0 Å². The van der Waals surface area contributed by atoms with Gasteiger partial charge in [-0.3, -0.25) is 0 Å². The maximum atomic E-state index is 11.1. The number of aromatic carboxylic acids is 1. The third-order valence-corrected chi connectivity index (χ3v) is 4.02. The first-order chi connectivity index (χ1) is 12.5. The average molecular weight is 359 g/mol. The van der Waals surface area contributed by atoms with Crippen molar-refractivity contribution in [2.24, 2.45) is 0 Å². The molecule has 0 aliphatic rings. The molecule has 0 heterocycles. The Labute approximate surface area is 153 Å². The summed E-state index contributed by atoms with van der Waals surface area (Å²) in [6.07, 6.45) is 0. The molecule has 2 aromatic carbocycles. The SMILES string of the molecule is COCCOc1ccc(C(C)NCc2cccc(C(=O)O)c2)cc1OC. The van der Waals surface area contributed by atoms with E-state index in [0.29, 0.717) is 31.3 Å². The number of hydrogen-bond donors (Lipinski definition) is 2. The van der Waals surface area contributed by atoms with E-state index in [2.05, 4.69) is 5.32 Å². The van der Waals surface area contributed by atoms with Crippen molar-refractivity contribution in [3.05, 3.63) is 59.2 Å². The molecule has 2 N–H and O–H groups in total. The van der Waals surface area contributed by atoms with Crippen molar-refractivity contribution in [2.75, 3.05) is 27.4 Å². The number of nitrogens with one attached hydrogen (secondary N) is 1. The van der Waals surface area contributed by atoms with Gasteiger partial charge in [-0.05, 0) is 42.3 Å². The van der Waals surface area contributed by atoms with Crippen LogP contribution in [-0.4, -0.2) is 38.5 Å². The van der Waals surface area contributed by atoms with Gasteiger partial charge in [0, 0.05) is 19.7 Å². The molecule has 1 unspecified atom stereocenters. The average Bonchev–Trinajstić information content (AvgIpc) is 2.66. The molecular weight excluding hydrogens is 334 g/mol. The summed E-state index contributed by atoms with van der Waals surface area (Å²) in [5.74, 6) is 0.420. The number of methoxy groups -OCH3 is 2. The van der Waals surface area contributed by atoms with Crippen LogP contribution < -0.4 is 14.8 Å². The molecule has 0 radical (unpaired) electrons. The summed E-state index contributed by atoms with van der Waals surface area (Å²) in [6.45, 7) is 3.58. The molecule has 0 spiro atoms. The van der Waals surface area contributed by atoms with Gasteiger partial charge in [0.05, 0.1) is 19.3 Å². The van der Waals surface area contributed by atoms with Crippen molar-refractivity contribution in [3.8, 4) is 11.5 Å². The van der Waals surface area contributed by atoms with E-state index in [9.17, 15) is 4.79 Å². The monoisotopic (exact) mass is 359 g/mol. The van der Waals surface area contributed by atoms with Crippen molar-refractivity contribution in [2.45, 2.75) is 19.5 Å². The van der Waals surface area contributed by atoms with Crippen LogP contribution in [0.3, 0.4) is 0 Å². The second kappa shape index (κ2) is 9.79. The highest BCUT2D eigenvalue weighted by Gasteiger charge is 2.11. The van der Waals surface area contributed by atoms with Gasteiger partial charge in [0.15, 0.2) is 11.5 Å². The Morgan fingerprint density at radius 2 is 1.92 bits per heavy atom. The van der Waals surface area contributed by atoms with Crippen molar-refractivity contribution in [1.82, 2.24) is 5.32 Å². The summed E-state index contributed by atoms with van der Waals surface area (Å²) in [7, 11) is 3.24. The van der Waals surface area contributed by atoms with Crippen LogP contribution in [0.4, 0.5) is 0 Å². The molecule has 140 valence electrons. The summed E-state index contributed by atoms with van der Waals surface area (Å²) in [5, 5.41) is 12.5. The Morgan fingerprint density at radius 3 is 2.62 bits per heavy atom. The van der Waals surface area contributed by atoms with Crippen LogP contribution in [0.15, 0.2) is 42.5 Å². The summed E-state index contributed by atoms with van der Waals surface area (Å²) in [5.41, 5.74) is 2.26. The van der Waals surface area contributed by atoms with Gasteiger partial charge in [-0.25, -0.2) is 4.79 Å². The fourth-order valence-electron chi connectivity index (χ4n) is 2.51. The highest BCUT2D eigenvalue weighted by Crippen LogP contribution is 2.30. The summed E-state index contributed by atoms with van der Waals surface area (Å²) in [4.78, 5) is 11.1. The molecule has 0 amide bonds. The van der Waals surface area contributed by atoms with Crippen LogP contribution in [-0.2, 0) is 11.3 Å². The number of ether oxygens (including phenoxy) is 3. The maximum Gasteiger partial charge on any atom is 0.335 e. The second-order valence-corrected chi connectivity index (χ2v) is 5.86. The van der Waals surface area contributed by atoms with E-state index < -0.39 is 5.97 Å². The fraction of sp³-hybridized carbons (Fsp3) is 0.350. The molecule has 0 saturated carbocycles. The van der Waals surface area contributed by atoms with Gasteiger partial charge in [0.25, 0.3) is 0 Å². The first-order valence-corrected chi connectivity index (χ1v) is 8.40. The first kappa shape index (κ1) is 19.8. The van der Waals surface area contributed by atoms with Crippen molar-refractivity contribution in [1.29, 1.82) is 0 Å². The van der Waals surface area contributed by atoms with E-state index in [1.807, 2.05) is 31.2 Å². The molecule has 26 heavy (non-hydrogen) atoms. The summed E-state index contributed by atoms with van der Waals surface area (Å²) < 4.78 is 16.0. The molecule has 0 bridgehead atoms. The fourth-order valence-corrected chi connectivity index (χ4v) is 2.51. The molecule has 6 nitrogen and oxygen atoms in total. The normalized spacial score (nSPS) is 11.8. The number of carboxylic acid groups (broad SMARTS) is 1. The van der Waals surface area contributed by atoms with Crippen molar-refractivity contribution in [3.63, 3.8) is 0 Å². The van der Waals surface area contributed by atoms with E-state index >= 15 is 0 Å². The third-order valence-electron chi connectivity index (χ3n) is 4.02. The van der Waals surface area contributed by atoms with Crippen molar-refractivity contribution >= 4 is 5.97 Å². The standard InChI is InChI=1S/C20H25NO5/c1-14(21-13-15-5-4-6-17(11-15)20(22)23)16-7-8-18(19(12-16)25-3)26-10-9-24-2/h4-8,11-12,14,21H,9-10,13H2,1-3H3,(H,22,23). The molecule has 0 saturated heterocycles. The van der Waals surface area contributed by atoms with E-state index in [1.165, 1.54) is 0 Å². The zero-order valence-electron chi connectivity index (χ0n) is 15.3. The highest BCUT2D eigenvalue weighted by atomic mass is 16.5. The van der Waals surface area contributed by atoms with Gasteiger partial charge >= 0.3 is 5.97 Å². The van der Waals surface area contributed by atoms with Crippen LogP contribution in [0.1, 0.15) is 34.5 Å². The molecule has 2 aromatic rings. The van der Waals surface area contributed by atoms with E-state index in [4.69, 9.17) is 19.3 Å².